The van der Waals surface area contributed by atoms with Gasteiger partial charge in [-0.15, -0.1) is 0 Å². The first-order valence-electron chi connectivity index (χ1n) is 9.83. The third-order valence-electron chi connectivity index (χ3n) is 5.28. The lowest BCUT2D eigenvalue weighted by molar-refractivity contribution is -0.131. The topological polar surface area (TPSA) is 45.2 Å². The lowest BCUT2D eigenvalue weighted by Gasteiger charge is -2.44. The average Bonchev–Trinajstić information content (AvgIpc) is 2.72. The fourth-order valence-electron chi connectivity index (χ4n) is 3.78. The summed E-state index contributed by atoms with van der Waals surface area (Å²) in [7, 11) is 0. The van der Waals surface area contributed by atoms with Gasteiger partial charge in [-0.05, 0) is 23.3 Å². The molecule has 0 spiro atoms. The first-order valence-corrected chi connectivity index (χ1v) is 9.83. The third-order valence-corrected chi connectivity index (χ3v) is 5.28. The number of amides is 1. The number of nitrogens with one attached hydrogen (secondary N) is 1. The summed E-state index contributed by atoms with van der Waals surface area (Å²) in [6.07, 6.45) is 2.55. The lowest BCUT2D eigenvalue weighted by Crippen LogP contribution is -2.55. The van der Waals surface area contributed by atoms with Gasteiger partial charge in [-0.2, -0.15) is 0 Å². The maximum Gasteiger partial charge on any atom is 0.225 e. The number of carbonyl (C=O) groups is 1. The number of hydrogen-bond donors (Lipinski definition) is 1. The van der Waals surface area contributed by atoms with Crippen molar-refractivity contribution in [1.82, 2.24) is 15.2 Å². The zero-order valence-corrected chi connectivity index (χ0v) is 15.9. The Kier molecular flexibility index (Phi) is 5.78. The lowest BCUT2D eigenvalue weighted by atomic mass is 9.90. The Labute approximate surface area is 166 Å². The van der Waals surface area contributed by atoms with Crippen molar-refractivity contribution in [3.63, 3.8) is 0 Å². The van der Waals surface area contributed by atoms with Crippen LogP contribution in [0.5, 0.6) is 0 Å². The van der Waals surface area contributed by atoms with Crippen molar-refractivity contribution in [2.75, 3.05) is 19.6 Å². The van der Waals surface area contributed by atoms with E-state index >= 15 is 0 Å². The Morgan fingerprint density at radius 1 is 0.929 bits per heavy atom. The molecule has 0 aliphatic carbocycles. The van der Waals surface area contributed by atoms with E-state index in [0.29, 0.717) is 6.54 Å². The van der Waals surface area contributed by atoms with Crippen LogP contribution in [0.15, 0.2) is 85.1 Å². The van der Waals surface area contributed by atoms with Crippen molar-refractivity contribution in [3.8, 4) is 0 Å². The number of benzene rings is 2. The summed E-state index contributed by atoms with van der Waals surface area (Å²) in [5.41, 5.74) is 3.54. The van der Waals surface area contributed by atoms with Crippen LogP contribution in [-0.4, -0.2) is 35.4 Å². The normalized spacial score (nSPS) is 14.6. The molecule has 1 fully saturated rings. The minimum atomic E-state index is 0.0543. The molecule has 0 bridgehead atoms. The van der Waals surface area contributed by atoms with Crippen LogP contribution in [0.3, 0.4) is 0 Å². The first kappa shape index (κ1) is 18.4. The number of aromatic nitrogens is 1. The molecular weight excluding hydrogens is 346 g/mol. The van der Waals surface area contributed by atoms with Gasteiger partial charge in [0, 0.05) is 37.9 Å². The smallest absolute Gasteiger partial charge is 0.225 e. The molecule has 28 heavy (non-hydrogen) atoms. The van der Waals surface area contributed by atoms with E-state index in [4.69, 9.17) is 0 Å². The van der Waals surface area contributed by atoms with Gasteiger partial charge in [0.2, 0.25) is 5.91 Å². The molecule has 4 nitrogen and oxygen atoms in total. The van der Waals surface area contributed by atoms with Crippen LogP contribution < -0.4 is 5.32 Å². The number of likely N-dealkylation sites (tertiary alicyclic amines) is 1. The predicted molar refractivity (Wildman–Crippen MR) is 111 cm³/mol. The number of nitrogens with zero attached hydrogens (tertiary/aromatic N) is 2. The maximum absolute atomic E-state index is 12.5. The second-order valence-corrected chi connectivity index (χ2v) is 7.24. The Morgan fingerprint density at radius 2 is 1.54 bits per heavy atom. The molecule has 4 rings (SSSR count). The Balaban J connectivity index is 1.35. The first-order chi connectivity index (χ1) is 13.8. The van der Waals surface area contributed by atoms with Gasteiger partial charge < -0.3 is 5.32 Å². The molecular formula is C24H25N3O. The van der Waals surface area contributed by atoms with E-state index in [1.807, 2.05) is 30.3 Å². The minimum Gasteiger partial charge on any atom is -0.355 e. The van der Waals surface area contributed by atoms with Gasteiger partial charge >= 0.3 is 0 Å². The van der Waals surface area contributed by atoms with Gasteiger partial charge in [0.1, 0.15) is 0 Å². The van der Waals surface area contributed by atoms with Gasteiger partial charge in [0.15, 0.2) is 0 Å². The molecule has 4 heteroatoms. The van der Waals surface area contributed by atoms with Crippen molar-refractivity contribution < 1.29 is 4.79 Å². The molecule has 2 aromatic carbocycles. The van der Waals surface area contributed by atoms with E-state index in [9.17, 15) is 4.79 Å². The fraction of sp³-hybridized carbons (Fsp3) is 0.250. The molecule has 1 aliphatic heterocycles. The number of hydrogen-bond acceptors (Lipinski definition) is 3. The molecule has 0 radical (unpaired) electrons. The standard InChI is InChI=1S/C24H25N3O/c28-24(26-16-14-22-13-7-8-15-25-22)21-17-27(18-21)23(19-9-3-1-4-10-19)20-11-5-2-6-12-20/h1-13,15,21,23H,14,16-18H2,(H,26,28). The number of rotatable bonds is 7. The third kappa shape index (κ3) is 4.29. The second kappa shape index (κ2) is 8.81. The Hall–Kier alpha value is -2.98. The summed E-state index contributed by atoms with van der Waals surface area (Å²) >= 11 is 0. The monoisotopic (exact) mass is 371 g/mol. The van der Waals surface area contributed by atoms with Crippen LogP contribution in [0, 0.1) is 5.92 Å². The summed E-state index contributed by atoms with van der Waals surface area (Å²) in [6, 6.07) is 27.1. The van der Waals surface area contributed by atoms with Crippen LogP contribution in [0.1, 0.15) is 22.9 Å². The molecule has 142 valence electrons. The molecule has 1 aliphatic rings. The summed E-state index contributed by atoms with van der Waals surface area (Å²) < 4.78 is 0. The Morgan fingerprint density at radius 3 is 2.11 bits per heavy atom. The maximum atomic E-state index is 12.5. The molecule has 2 heterocycles. The minimum absolute atomic E-state index is 0.0543. The molecule has 1 aromatic heterocycles. The summed E-state index contributed by atoms with van der Waals surface area (Å²) in [6.45, 7) is 2.20. The summed E-state index contributed by atoms with van der Waals surface area (Å²) in [5, 5.41) is 3.07. The zero-order chi connectivity index (χ0) is 19.2. The molecule has 0 atom stereocenters. The molecule has 0 unspecified atom stereocenters. The van der Waals surface area contributed by atoms with E-state index in [2.05, 4.69) is 63.7 Å². The van der Waals surface area contributed by atoms with Crippen molar-refractivity contribution in [2.24, 2.45) is 5.92 Å². The van der Waals surface area contributed by atoms with Crippen LogP contribution >= 0.6 is 0 Å². The van der Waals surface area contributed by atoms with Gasteiger partial charge in [-0.1, -0.05) is 66.7 Å². The molecule has 1 N–H and O–H groups in total. The van der Waals surface area contributed by atoms with E-state index in [-0.39, 0.29) is 17.9 Å². The highest BCUT2D eigenvalue weighted by Gasteiger charge is 2.37. The van der Waals surface area contributed by atoms with Crippen molar-refractivity contribution in [1.29, 1.82) is 0 Å². The molecule has 1 amide bonds. The van der Waals surface area contributed by atoms with Gasteiger partial charge in [-0.3, -0.25) is 14.7 Å². The number of carbonyl (C=O) groups excluding carboxylic acids is 1. The van der Waals surface area contributed by atoms with E-state index in [1.165, 1.54) is 11.1 Å². The fourth-order valence-corrected chi connectivity index (χ4v) is 3.78. The highest BCUT2D eigenvalue weighted by molar-refractivity contribution is 5.80. The quantitative estimate of drug-likeness (QED) is 0.692. The SMILES string of the molecule is O=C(NCCc1ccccn1)C1CN(C(c2ccccc2)c2ccccc2)C1. The Bertz CT molecular complexity index is 838. The van der Waals surface area contributed by atoms with Crippen molar-refractivity contribution in [3.05, 3.63) is 102 Å². The summed E-state index contributed by atoms with van der Waals surface area (Å²) in [4.78, 5) is 19.2. The van der Waals surface area contributed by atoms with E-state index in [1.54, 1.807) is 6.20 Å². The molecule has 3 aromatic rings. The van der Waals surface area contributed by atoms with E-state index in [0.717, 1.165) is 25.2 Å². The van der Waals surface area contributed by atoms with Gasteiger partial charge in [0.05, 0.1) is 12.0 Å². The number of pyridine rings is 1. The molecule has 1 saturated heterocycles. The van der Waals surface area contributed by atoms with Crippen molar-refractivity contribution >= 4 is 5.91 Å². The highest BCUT2D eigenvalue weighted by atomic mass is 16.2. The zero-order valence-electron chi connectivity index (χ0n) is 15.9. The van der Waals surface area contributed by atoms with Crippen LogP contribution in [0.4, 0.5) is 0 Å². The van der Waals surface area contributed by atoms with E-state index < -0.39 is 0 Å². The van der Waals surface area contributed by atoms with Crippen molar-refractivity contribution in [2.45, 2.75) is 12.5 Å². The second-order valence-electron chi connectivity index (χ2n) is 7.24. The van der Waals surface area contributed by atoms with Crippen LogP contribution in [-0.2, 0) is 11.2 Å². The highest BCUT2D eigenvalue weighted by Crippen LogP contribution is 2.34. The van der Waals surface area contributed by atoms with Crippen LogP contribution in [0.25, 0.3) is 0 Å². The van der Waals surface area contributed by atoms with Gasteiger partial charge in [-0.25, -0.2) is 0 Å². The van der Waals surface area contributed by atoms with Gasteiger partial charge in [0.25, 0.3) is 0 Å². The molecule has 0 saturated carbocycles. The summed E-state index contributed by atoms with van der Waals surface area (Å²) in [5.74, 6) is 0.200. The predicted octanol–water partition coefficient (Wildman–Crippen LogP) is 3.46. The van der Waals surface area contributed by atoms with Crippen LogP contribution in [0.2, 0.25) is 0 Å². The largest absolute Gasteiger partial charge is 0.355 e. The average molecular weight is 371 g/mol.